The molecule has 0 radical (unpaired) electrons. The maximum Gasteiger partial charge on any atom is 0.318 e. The minimum atomic E-state index is -0.344. The molecular weight excluding hydrogens is 318 g/mol. The molecule has 2 heterocycles. The first-order valence-electron chi connectivity index (χ1n) is 8.77. The third-order valence-corrected chi connectivity index (χ3v) is 3.64. The highest BCUT2D eigenvalue weighted by atomic mass is 16.5. The minimum absolute atomic E-state index is 0.163. The van der Waals surface area contributed by atoms with Gasteiger partial charge in [-0.25, -0.2) is 4.79 Å². The molecule has 0 spiro atoms. The smallest absolute Gasteiger partial charge is 0.318 e. The fourth-order valence-electron chi connectivity index (χ4n) is 2.44. The molecule has 0 saturated heterocycles. The second-order valence-electron chi connectivity index (χ2n) is 6.56. The van der Waals surface area contributed by atoms with E-state index in [0.29, 0.717) is 30.7 Å². The first-order valence-corrected chi connectivity index (χ1v) is 8.77. The van der Waals surface area contributed by atoms with Gasteiger partial charge in [-0.05, 0) is 31.4 Å². The van der Waals surface area contributed by atoms with Crippen molar-refractivity contribution in [3.05, 3.63) is 41.8 Å². The van der Waals surface area contributed by atoms with Crippen molar-refractivity contribution < 1.29 is 9.32 Å². The van der Waals surface area contributed by atoms with E-state index in [1.54, 1.807) is 11.1 Å². The Kier molecular flexibility index (Phi) is 6.91. The van der Waals surface area contributed by atoms with Gasteiger partial charge in [0.05, 0.1) is 12.2 Å². The molecule has 0 fully saturated rings. The summed E-state index contributed by atoms with van der Waals surface area (Å²) in [6.45, 7) is 9.20. The standard InChI is InChI=1S/C18H27N5O2/c1-5-10-23(12-15-8-6-7-9-19-15)18(24)20-14(4)17-21-16(22-25-17)11-13(2)3/h6-9,13-14H,5,10-12H2,1-4H3,(H,20,24)/t14-/m0/s1. The summed E-state index contributed by atoms with van der Waals surface area (Å²) >= 11 is 0. The van der Waals surface area contributed by atoms with Crippen molar-refractivity contribution in [2.45, 2.75) is 53.1 Å². The summed E-state index contributed by atoms with van der Waals surface area (Å²) in [5, 5.41) is 6.90. The Morgan fingerprint density at radius 1 is 1.32 bits per heavy atom. The van der Waals surface area contributed by atoms with Crippen molar-refractivity contribution in [2.24, 2.45) is 5.92 Å². The minimum Gasteiger partial charge on any atom is -0.337 e. The third-order valence-electron chi connectivity index (χ3n) is 3.64. The number of hydrogen-bond donors (Lipinski definition) is 1. The largest absolute Gasteiger partial charge is 0.337 e. The molecule has 1 atom stereocenters. The summed E-state index contributed by atoms with van der Waals surface area (Å²) in [5.41, 5.74) is 0.857. The van der Waals surface area contributed by atoms with Crippen molar-refractivity contribution in [1.82, 2.24) is 25.3 Å². The molecule has 0 aliphatic carbocycles. The molecule has 7 nitrogen and oxygen atoms in total. The van der Waals surface area contributed by atoms with Gasteiger partial charge in [-0.1, -0.05) is 32.0 Å². The number of urea groups is 1. The zero-order valence-electron chi connectivity index (χ0n) is 15.4. The summed E-state index contributed by atoms with van der Waals surface area (Å²) < 4.78 is 5.28. The molecule has 0 saturated carbocycles. The molecule has 0 aliphatic heterocycles. The highest BCUT2D eigenvalue weighted by Crippen LogP contribution is 2.13. The van der Waals surface area contributed by atoms with Crippen molar-refractivity contribution in [1.29, 1.82) is 0 Å². The Morgan fingerprint density at radius 3 is 2.76 bits per heavy atom. The molecule has 25 heavy (non-hydrogen) atoms. The van der Waals surface area contributed by atoms with Crippen LogP contribution in [0, 0.1) is 5.92 Å². The van der Waals surface area contributed by atoms with Crippen molar-refractivity contribution in [3.8, 4) is 0 Å². The molecule has 0 unspecified atom stereocenters. The zero-order valence-corrected chi connectivity index (χ0v) is 15.4. The number of hydrogen-bond acceptors (Lipinski definition) is 5. The second kappa shape index (κ2) is 9.15. The number of carbonyl (C=O) groups excluding carboxylic acids is 1. The number of amides is 2. The highest BCUT2D eigenvalue weighted by molar-refractivity contribution is 5.74. The van der Waals surface area contributed by atoms with E-state index in [9.17, 15) is 4.79 Å². The summed E-state index contributed by atoms with van der Waals surface area (Å²) in [6.07, 6.45) is 3.36. The molecule has 0 aromatic carbocycles. The third kappa shape index (κ3) is 5.85. The summed E-state index contributed by atoms with van der Waals surface area (Å²) in [4.78, 5) is 23.0. The van der Waals surface area contributed by atoms with Gasteiger partial charge in [-0.3, -0.25) is 4.98 Å². The Balaban J connectivity index is 1.98. The fraction of sp³-hybridized carbons (Fsp3) is 0.556. The van der Waals surface area contributed by atoms with Crippen molar-refractivity contribution >= 4 is 6.03 Å². The molecule has 2 rings (SSSR count). The van der Waals surface area contributed by atoms with Gasteiger partial charge in [0.2, 0.25) is 5.89 Å². The lowest BCUT2D eigenvalue weighted by molar-refractivity contribution is 0.188. The Bertz CT molecular complexity index is 656. The van der Waals surface area contributed by atoms with Gasteiger partial charge >= 0.3 is 6.03 Å². The molecule has 0 bridgehead atoms. The van der Waals surface area contributed by atoms with Crippen LogP contribution in [0.2, 0.25) is 0 Å². The van der Waals surface area contributed by atoms with Crippen LogP contribution in [0.5, 0.6) is 0 Å². The van der Waals surface area contributed by atoms with E-state index >= 15 is 0 Å². The van der Waals surface area contributed by atoms with Gasteiger partial charge in [0.25, 0.3) is 0 Å². The molecule has 2 aromatic heterocycles. The molecule has 136 valence electrons. The highest BCUT2D eigenvalue weighted by Gasteiger charge is 2.20. The van der Waals surface area contributed by atoms with E-state index in [2.05, 4.69) is 34.3 Å². The number of pyridine rings is 1. The molecule has 1 N–H and O–H groups in total. The van der Waals surface area contributed by atoms with Crippen molar-refractivity contribution in [3.63, 3.8) is 0 Å². The van der Waals surface area contributed by atoms with Crippen molar-refractivity contribution in [2.75, 3.05) is 6.54 Å². The maximum atomic E-state index is 12.6. The number of rotatable bonds is 8. The van der Waals surface area contributed by atoms with Crippen LogP contribution < -0.4 is 5.32 Å². The molecular formula is C18H27N5O2. The number of carbonyl (C=O) groups is 1. The van der Waals surface area contributed by atoms with E-state index in [4.69, 9.17) is 4.52 Å². The summed E-state index contributed by atoms with van der Waals surface area (Å²) in [6, 6.07) is 5.18. The first-order chi connectivity index (χ1) is 12.0. The lowest BCUT2D eigenvalue weighted by Gasteiger charge is -2.23. The molecule has 0 aliphatic rings. The normalized spacial score (nSPS) is 12.2. The SMILES string of the molecule is CCCN(Cc1ccccn1)C(=O)N[C@@H](C)c1nc(CC(C)C)no1. The van der Waals surface area contributed by atoms with Gasteiger partial charge in [0.15, 0.2) is 5.82 Å². The number of nitrogens with one attached hydrogen (secondary N) is 1. The first kappa shape index (κ1) is 18.9. The number of aromatic nitrogens is 3. The summed E-state index contributed by atoms with van der Waals surface area (Å²) in [5.74, 6) is 1.55. The maximum absolute atomic E-state index is 12.6. The van der Waals surface area contributed by atoms with Crippen LogP contribution in [0.15, 0.2) is 28.9 Å². The van der Waals surface area contributed by atoms with Crippen LogP contribution in [-0.4, -0.2) is 32.6 Å². The van der Waals surface area contributed by atoms with Crippen LogP contribution in [0.25, 0.3) is 0 Å². The Labute approximate surface area is 148 Å². The summed E-state index contributed by atoms with van der Waals surface area (Å²) in [7, 11) is 0. The lowest BCUT2D eigenvalue weighted by Crippen LogP contribution is -2.41. The van der Waals surface area contributed by atoms with Crippen LogP contribution >= 0.6 is 0 Å². The van der Waals surface area contributed by atoms with Crippen LogP contribution in [-0.2, 0) is 13.0 Å². The predicted octanol–water partition coefficient (Wildman–Crippen LogP) is 3.35. The van der Waals surface area contributed by atoms with E-state index in [-0.39, 0.29) is 12.1 Å². The van der Waals surface area contributed by atoms with Crippen LogP contribution in [0.4, 0.5) is 4.79 Å². The van der Waals surface area contributed by atoms with Gasteiger partial charge in [0, 0.05) is 19.2 Å². The van der Waals surface area contributed by atoms with Gasteiger partial charge in [0.1, 0.15) is 6.04 Å². The predicted molar refractivity (Wildman–Crippen MR) is 94.7 cm³/mol. The Hall–Kier alpha value is -2.44. The van der Waals surface area contributed by atoms with Crippen LogP contribution in [0.1, 0.15) is 57.6 Å². The van der Waals surface area contributed by atoms with Gasteiger partial charge in [-0.15, -0.1) is 0 Å². The van der Waals surface area contributed by atoms with Crippen LogP contribution in [0.3, 0.4) is 0 Å². The monoisotopic (exact) mass is 345 g/mol. The average molecular weight is 345 g/mol. The topological polar surface area (TPSA) is 84.2 Å². The molecule has 2 amide bonds. The molecule has 7 heteroatoms. The zero-order chi connectivity index (χ0) is 18.2. The van der Waals surface area contributed by atoms with E-state index in [0.717, 1.165) is 18.5 Å². The second-order valence-corrected chi connectivity index (χ2v) is 6.56. The Morgan fingerprint density at radius 2 is 2.12 bits per heavy atom. The van der Waals surface area contributed by atoms with E-state index < -0.39 is 0 Å². The van der Waals surface area contributed by atoms with E-state index in [1.807, 2.05) is 32.0 Å². The van der Waals surface area contributed by atoms with Gasteiger partial charge < -0.3 is 14.7 Å². The van der Waals surface area contributed by atoms with E-state index in [1.165, 1.54) is 0 Å². The van der Waals surface area contributed by atoms with Gasteiger partial charge in [-0.2, -0.15) is 4.98 Å². The number of nitrogens with zero attached hydrogens (tertiary/aromatic N) is 4. The fourth-order valence-corrected chi connectivity index (χ4v) is 2.44. The average Bonchev–Trinajstić information content (AvgIpc) is 3.03. The quantitative estimate of drug-likeness (QED) is 0.793. The molecule has 2 aromatic rings. The lowest BCUT2D eigenvalue weighted by atomic mass is 10.1.